The second-order valence-electron chi connectivity index (χ2n) is 8.52. The maximum absolute atomic E-state index is 13.0. The highest BCUT2D eigenvalue weighted by molar-refractivity contribution is 7.14. The molecule has 0 radical (unpaired) electrons. The molecule has 162 valence electrons. The fraction of sp³-hybridized carbons (Fsp3) is 0.478. The monoisotopic (exact) mass is 430 g/mol. The van der Waals surface area contributed by atoms with Crippen LogP contribution in [0.5, 0.6) is 5.75 Å². The number of nitrogens with one attached hydrogen (secondary N) is 1. The van der Waals surface area contributed by atoms with Crippen LogP contribution in [-0.2, 0) is 4.74 Å². The number of carbonyl (C=O) groups is 2. The number of piperidine rings is 1. The van der Waals surface area contributed by atoms with Gasteiger partial charge in [0.2, 0.25) is 0 Å². The molecule has 0 unspecified atom stereocenters. The molecule has 0 aliphatic carbocycles. The summed E-state index contributed by atoms with van der Waals surface area (Å²) < 4.78 is 10.5. The predicted octanol–water partition coefficient (Wildman–Crippen LogP) is 4.86. The third-order valence-electron chi connectivity index (χ3n) is 5.03. The molecule has 0 saturated carbocycles. The molecule has 0 atom stereocenters. The smallest absolute Gasteiger partial charge is 0.407 e. The molecule has 1 aromatic heterocycles. The number of hydrogen-bond acceptors (Lipinski definition) is 5. The van der Waals surface area contributed by atoms with E-state index < -0.39 is 11.7 Å². The summed E-state index contributed by atoms with van der Waals surface area (Å²) in [4.78, 5) is 28.7. The van der Waals surface area contributed by atoms with Gasteiger partial charge < -0.3 is 19.7 Å². The fourth-order valence-electron chi connectivity index (χ4n) is 3.50. The largest absolute Gasteiger partial charge is 0.497 e. The topological polar surface area (TPSA) is 67.9 Å². The van der Waals surface area contributed by atoms with Gasteiger partial charge in [0.1, 0.15) is 11.4 Å². The van der Waals surface area contributed by atoms with Crippen molar-refractivity contribution in [2.45, 2.75) is 52.2 Å². The van der Waals surface area contributed by atoms with Gasteiger partial charge in [-0.1, -0.05) is 12.1 Å². The summed E-state index contributed by atoms with van der Waals surface area (Å²) in [5, 5.41) is 2.91. The lowest BCUT2D eigenvalue weighted by Crippen LogP contribution is -2.47. The number of aryl methyl sites for hydroxylation is 1. The van der Waals surface area contributed by atoms with Crippen LogP contribution in [0.3, 0.4) is 0 Å². The summed E-state index contributed by atoms with van der Waals surface area (Å²) in [5.74, 6) is 0.865. The zero-order valence-electron chi connectivity index (χ0n) is 18.3. The molecule has 2 amide bonds. The molecular formula is C23H30N2O4S. The Morgan fingerprint density at radius 2 is 1.77 bits per heavy atom. The van der Waals surface area contributed by atoms with Crippen LogP contribution in [0.2, 0.25) is 0 Å². The molecule has 1 aliphatic rings. The first-order valence-electron chi connectivity index (χ1n) is 10.2. The van der Waals surface area contributed by atoms with Gasteiger partial charge in [0.25, 0.3) is 5.91 Å². The van der Waals surface area contributed by atoms with E-state index in [1.54, 1.807) is 7.11 Å². The van der Waals surface area contributed by atoms with E-state index in [0.717, 1.165) is 39.5 Å². The Kier molecular flexibility index (Phi) is 6.71. The Balaban J connectivity index is 1.59. The Hall–Kier alpha value is -2.54. The zero-order chi connectivity index (χ0) is 21.9. The van der Waals surface area contributed by atoms with E-state index in [1.807, 2.05) is 62.9 Å². The zero-order valence-corrected chi connectivity index (χ0v) is 19.1. The number of amides is 2. The maximum Gasteiger partial charge on any atom is 0.407 e. The number of alkyl carbamates (subject to hydrolysis) is 1. The van der Waals surface area contributed by atoms with E-state index in [9.17, 15) is 9.59 Å². The first kappa shape index (κ1) is 22.2. The van der Waals surface area contributed by atoms with Gasteiger partial charge in [-0.05, 0) is 69.9 Å². The lowest BCUT2D eigenvalue weighted by molar-refractivity contribution is 0.0474. The number of benzene rings is 1. The van der Waals surface area contributed by atoms with Crippen molar-refractivity contribution >= 4 is 23.3 Å². The van der Waals surface area contributed by atoms with Crippen molar-refractivity contribution in [3.63, 3.8) is 0 Å². The second kappa shape index (κ2) is 9.08. The van der Waals surface area contributed by atoms with E-state index in [2.05, 4.69) is 5.32 Å². The van der Waals surface area contributed by atoms with Crippen molar-refractivity contribution in [2.24, 2.45) is 0 Å². The highest BCUT2D eigenvalue weighted by Crippen LogP contribution is 2.33. The van der Waals surface area contributed by atoms with E-state index in [-0.39, 0.29) is 11.9 Å². The van der Waals surface area contributed by atoms with Crippen LogP contribution in [0.1, 0.15) is 48.2 Å². The van der Waals surface area contributed by atoms with E-state index in [4.69, 9.17) is 9.47 Å². The van der Waals surface area contributed by atoms with E-state index in [1.165, 1.54) is 11.3 Å². The summed E-state index contributed by atoms with van der Waals surface area (Å²) in [6.07, 6.45) is 1.05. The molecule has 1 fully saturated rings. The Morgan fingerprint density at radius 1 is 1.13 bits per heavy atom. The minimum Gasteiger partial charge on any atom is -0.497 e. The van der Waals surface area contributed by atoms with Gasteiger partial charge in [-0.15, -0.1) is 11.3 Å². The van der Waals surface area contributed by atoms with Crippen molar-refractivity contribution in [3.8, 4) is 16.9 Å². The Bertz CT molecular complexity index is 891. The van der Waals surface area contributed by atoms with Gasteiger partial charge in [-0.25, -0.2) is 4.79 Å². The maximum atomic E-state index is 13.0. The molecule has 0 spiro atoms. The normalized spacial score (nSPS) is 15.0. The molecule has 0 bridgehead atoms. The van der Waals surface area contributed by atoms with E-state index >= 15 is 0 Å². The molecule has 1 aliphatic heterocycles. The summed E-state index contributed by atoms with van der Waals surface area (Å²) in [6.45, 7) is 8.81. The Labute approximate surface area is 182 Å². The molecule has 6 nitrogen and oxygen atoms in total. The van der Waals surface area contributed by atoms with Crippen LogP contribution in [0, 0.1) is 6.92 Å². The number of methoxy groups -OCH3 is 1. The van der Waals surface area contributed by atoms with Crippen LogP contribution in [0.25, 0.3) is 11.1 Å². The molecule has 2 heterocycles. The van der Waals surface area contributed by atoms with Gasteiger partial charge in [0, 0.05) is 24.0 Å². The number of likely N-dealkylation sites (tertiary alicyclic amines) is 1. The summed E-state index contributed by atoms with van der Waals surface area (Å²) in [7, 11) is 1.65. The number of ether oxygens (including phenoxy) is 2. The minimum atomic E-state index is -0.515. The second-order valence-corrected chi connectivity index (χ2v) is 9.78. The quantitative estimate of drug-likeness (QED) is 0.752. The van der Waals surface area contributed by atoms with Crippen molar-refractivity contribution in [2.75, 3.05) is 20.2 Å². The van der Waals surface area contributed by atoms with Crippen molar-refractivity contribution < 1.29 is 19.1 Å². The minimum absolute atomic E-state index is 0.0313. The molecule has 1 aromatic carbocycles. The lowest BCUT2D eigenvalue weighted by atomic mass is 10.0. The predicted molar refractivity (Wildman–Crippen MR) is 119 cm³/mol. The summed E-state index contributed by atoms with van der Waals surface area (Å²) >= 11 is 1.53. The summed E-state index contributed by atoms with van der Waals surface area (Å²) in [6, 6.07) is 9.89. The number of carbonyl (C=O) groups excluding carboxylic acids is 2. The van der Waals surface area contributed by atoms with Crippen LogP contribution >= 0.6 is 11.3 Å². The first-order valence-corrected chi connectivity index (χ1v) is 11.0. The fourth-order valence-corrected chi connectivity index (χ4v) is 4.51. The van der Waals surface area contributed by atoms with Gasteiger partial charge in [0.15, 0.2) is 0 Å². The van der Waals surface area contributed by atoms with Gasteiger partial charge in [-0.3, -0.25) is 4.79 Å². The molecule has 30 heavy (non-hydrogen) atoms. The molecule has 3 rings (SSSR count). The van der Waals surface area contributed by atoms with Gasteiger partial charge in [0.05, 0.1) is 12.0 Å². The average molecular weight is 431 g/mol. The molecule has 1 saturated heterocycles. The van der Waals surface area contributed by atoms with Crippen LogP contribution in [0.4, 0.5) is 4.79 Å². The molecule has 2 aromatic rings. The highest BCUT2D eigenvalue weighted by atomic mass is 32.1. The average Bonchev–Trinajstić information content (AvgIpc) is 3.08. The first-order chi connectivity index (χ1) is 14.2. The SMILES string of the molecule is COc1ccc(-c2cc(C(=O)N3CCC(NC(=O)OC(C)(C)C)CC3)sc2C)cc1. The van der Waals surface area contributed by atoms with Crippen LogP contribution in [0.15, 0.2) is 30.3 Å². The standard InChI is InChI=1S/C23H30N2O4S/c1-15-19(16-6-8-18(28-5)9-7-16)14-20(30-15)21(26)25-12-10-17(11-13-25)24-22(27)29-23(2,3)4/h6-9,14,17H,10-13H2,1-5H3,(H,24,27). The number of hydrogen-bond donors (Lipinski definition) is 1. The van der Waals surface area contributed by atoms with Crippen molar-refractivity contribution in [3.05, 3.63) is 40.1 Å². The third-order valence-corrected chi connectivity index (χ3v) is 6.07. The number of thiophene rings is 1. The molecular weight excluding hydrogens is 400 g/mol. The number of nitrogens with zero attached hydrogens (tertiary/aromatic N) is 1. The third kappa shape index (κ3) is 5.53. The summed E-state index contributed by atoms with van der Waals surface area (Å²) in [5.41, 5.74) is 1.63. The van der Waals surface area contributed by atoms with Crippen molar-refractivity contribution in [1.82, 2.24) is 10.2 Å². The van der Waals surface area contributed by atoms with Gasteiger partial charge >= 0.3 is 6.09 Å². The lowest BCUT2D eigenvalue weighted by Gasteiger charge is -2.32. The highest BCUT2D eigenvalue weighted by Gasteiger charge is 2.27. The van der Waals surface area contributed by atoms with Gasteiger partial charge in [-0.2, -0.15) is 0 Å². The molecule has 1 N–H and O–H groups in total. The molecule has 7 heteroatoms. The van der Waals surface area contributed by atoms with Crippen LogP contribution in [-0.4, -0.2) is 48.7 Å². The van der Waals surface area contributed by atoms with Crippen molar-refractivity contribution in [1.29, 1.82) is 0 Å². The van der Waals surface area contributed by atoms with Crippen LogP contribution < -0.4 is 10.1 Å². The van der Waals surface area contributed by atoms with E-state index in [0.29, 0.717) is 13.1 Å². The Morgan fingerprint density at radius 3 is 2.33 bits per heavy atom. The number of rotatable bonds is 4.